The predicted octanol–water partition coefficient (Wildman–Crippen LogP) is 3.65. The Kier molecular flexibility index (Phi) is 3.54. The van der Waals surface area contributed by atoms with Gasteiger partial charge in [-0.15, -0.1) is 0 Å². The molecule has 1 aliphatic carbocycles. The summed E-state index contributed by atoms with van der Waals surface area (Å²) in [6.45, 7) is 1.62. The van der Waals surface area contributed by atoms with Gasteiger partial charge in [-0.1, -0.05) is 18.5 Å². The van der Waals surface area contributed by atoms with E-state index < -0.39 is 36.0 Å². The van der Waals surface area contributed by atoms with Crippen LogP contribution in [-0.2, 0) is 0 Å². The van der Waals surface area contributed by atoms with Crippen LogP contribution in [0.1, 0.15) is 18.9 Å². The number of alkyl halides is 4. The minimum atomic E-state index is -4.84. The Morgan fingerprint density at radius 2 is 2.13 bits per heavy atom. The average Bonchev–Trinajstić information content (AvgIpc) is 2.84. The standard InChI is InChI=1S/C15H13ClF4N2O/c1-7-10-5-12(13(23)15(18,19)20)22(14(7,10)17)9-3-2-8(6-21)11(16)4-9/h2-4,7,10,12-13,23H,5H2,1H3/t7-,10-,12+,13-,14?/m0/s1. The molecule has 0 bridgehead atoms. The molecule has 0 spiro atoms. The second kappa shape index (κ2) is 4.99. The molecule has 0 amide bonds. The minimum Gasteiger partial charge on any atom is -0.382 e. The van der Waals surface area contributed by atoms with Crippen molar-refractivity contribution in [1.29, 1.82) is 5.26 Å². The maximum atomic E-state index is 15.1. The number of fused-ring (bicyclic) bond motifs is 1. The molecule has 1 heterocycles. The van der Waals surface area contributed by atoms with Crippen molar-refractivity contribution in [2.24, 2.45) is 11.8 Å². The zero-order chi connectivity index (χ0) is 17.2. The molecule has 1 saturated heterocycles. The van der Waals surface area contributed by atoms with Gasteiger partial charge in [-0.3, -0.25) is 0 Å². The van der Waals surface area contributed by atoms with Gasteiger partial charge in [0.1, 0.15) is 6.07 Å². The monoisotopic (exact) mass is 348 g/mol. The van der Waals surface area contributed by atoms with Crippen molar-refractivity contribution < 1.29 is 22.7 Å². The van der Waals surface area contributed by atoms with Crippen LogP contribution in [-0.4, -0.2) is 29.2 Å². The van der Waals surface area contributed by atoms with Crippen LogP contribution >= 0.6 is 11.6 Å². The second-order valence-corrected chi connectivity index (χ2v) is 6.47. The topological polar surface area (TPSA) is 47.3 Å². The molecule has 23 heavy (non-hydrogen) atoms. The molecule has 1 N–H and O–H groups in total. The van der Waals surface area contributed by atoms with Gasteiger partial charge in [0.25, 0.3) is 0 Å². The number of nitrogens with zero attached hydrogens (tertiary/aromatic N) is 2. The van der Waals surface area contributed by atoms with Gasteiger partial charge in [-0.05, 0) is 24.6 Å². The summed E-state index contributed by atoms with van der Waals surface area (Å²) in [6, 6.07) is 4.38. The third-order valence-electron chi connectivity index (χ3n) is 4.90. The first-order valence-electron chi connectivity index (χ1n) is 7.05. The maximum Gasteiger partial charge on any atom is 0.416 e. The van der Waals surface area contributed by atoms with E-state index in [4.69, 9.17) is 16.9 Å². The maximum absolute atomic E-state index is 15.1. The number of anilines is 1. The number of aliphatic hydroxyl groups is 1. The van der Waals surface area contributed by atoms with E-state index in [1.54, 1.807) is 6.92 Å². The lowest BCUT2D eigenvalue weighted by atomic mass is 10.0. The van der Waals surface area contributed by atoms with Gasteiger partial charge in [0.2, 0.25) is 0 Å². The molecule has 3 nitrogen and oxygen atoms in total. The van der Waals surface area contributed by atoms with Crippen LogP contribution in [0.2, 0.25) is 5.02 Å². The highest BCUT2D eigenvalue weighted by atomic mass is 35.5. The first-order valence-corrected chi connectivity index (χ1v) is 7.42. The highest BCUT2D eigenvalue weighted by Crippen LogP contribution is 2.65. The van der Waals surface area contributed by atoms with E-state index in [1.165, 1.54) is 18.2 Å². The fourth-order valence-electron chi connectivity index (χ4n) is 3.59. The third-order valence-corrected chi connectivity index (χ3v) is 5.21. The van der Waals surface area contributed by atoms with Crippen molar-refractivity contribution in [3.8, 4) is 6.07 Å². The smallest absolute Gasteiger partial charge is 0.382 e. The Morgan fingerprint density at radius 3 is 2.65 bits per heavy atom. The molecule has 1 saturated carbocycles. The number of benzene rings is 1. The van der Waals surface area contributed by atoms with E-state index in [-0.39, 0.29) is 22.7 Å². The molecule has 1 aromatic rings. The van der Waals surface area contributed by atoms with E-state index in [9.17, 15) is 18.3 Å². The van der Waals surface area contributed by atoms with Gasteiger partial charge in [0.15, 0.2) is 11.9 Å². The van der Waals surface area contributed by atoms with Crippen molar-refractivity contribution in [3.63, 3.8) is 0 Å². The van der Waals surface area contributed by atoms with Gasteiger partial charge in [-0.2, -0.15) is 18.4 Å². The van der Waals surface area contributed by atoms with Crippen LogP contribution < -0.4 is 4.90 Å². The van der Waals surface area contributed by atoms with Gasteiger partial charge < -0.3 is 10.0 Å². The summed E-state index contributed by atoms with van der Waals surface area (Å²) in [5.41, 5.74) is 0.285. The van der Waals surface area contributed by atoms with E-state index in [0.29, 0.717) is 0 Å². The number of piperidine rings is 1. The predicted molar refractivity (Wildman–Crippen MR) is 75.6 cm³/mol. The number of halogens is 5. The Labute approximate surface area is 135 Å². The molecule has 2 aliphatic rings. The first-order chi connectivity index (χ1) is 10.6. The van der Waals surface area contributed by atoms with E-state index in [1.807, 2.05) is 6.07 Å². The van der Waals surface area contributed by atoms with Crippen molar-refractivity contribution in [3.05, 3.63) is 28.8 Å². The van der Waals surface area contributed by atoms with Gasteiger partial charge in [0, 0.05) is 17.5 Å². The van der Waals surface area contributed by atoms with Gasteiger partial charge >= 0.3 is 6.18 Å². The number of nitriles is 1. The molecule has 5 atom stereocenters. The van der Waals surface area contributed by atoms with Crippen LogP contribution in [0.5, 0.6) is 0 Å². The summed E-state index contributed by atoms with van der Waals surface area (Å²) >= 11 is 5.91. The fraction of sp³-hybridized carbons (Fsp3) is 0.533. The van der Waals surface area contributed by atoms with Crippen LogP contribution in [0.15, 0.2) is 18.2 Å². The summed E-state index contributed by atoms with van der Waals surface area (Å²) in [5.74, 6) is -2.90. The third kappa shape index (κ3) is 2.27. The normalized spacial score (nSPS) is 34.0. The van der Waals surface area contributed by atoms with Crippen LogP contribution in [0.4, 0.5) is 23.2 Å². The van der Waals surface area contributed by atoms with Crippen LogP contribution in [0.25, 0.3) is 0 Å². The van der Waals surface area contributed by atoms with E-state index >= 15 is 4.39 Å². The van der Waals surface area contributed by atoms with Crippen LogP contribution in [0, 0.1) is 23.2 Å². The van der Waals surface area contributed by atoms with E-state index in [2.05, 4.69) is 0 Å². The second-order valence-electron chi connectivity index (χ2n) is 6.06. The highest BCUT2D eigenvalue weighted by molar-refractivity contribution is 6.32. The molecule has 0 radical (unpaired) electrons. The number of hydrogen-bond donors (Lipinski definition) is 1. The molecule has 1 unspecified atom stereocenters. The van der Waals surface area contributed by atoms with Gasteiger partial charge in [-0.25, -0.2) is 4.39 Å². The zero-order valence-electron chi connectivity index (χ0n) is 12.0. The SMILES string of the molecule is C[C@H]1[C@@H]2C[C@H]([C@H](O)C(F)(F)F)N(c3ccc(C#N)c(Cl)c3)C12F. The Bertz CT molecular complexity index is 689. The molecule has 1 aromatic carbocycles. The average molecular weight is 349 g/mol. The van der Waals surface area contributed by atoms with Crippen molar-refractivity contribution in [2.75, 3.05) is 4.90 Å². The fourth-order valence-corrected chi connectivity index (χ4v) is 3.81. The Morgan fingerprint density at radius 1 is 1.48 bits per heavy atom. The van der Waals surface area contributed by atoms with Crippen molar-refractivity contribution in [2.45, 2.75) is 37.5 Å². The highest BCUT2D eigenvalue weighted by Gasteiger charge is 2.75. The lowest BCUT2D eigenvalue weighted by molar-refractivity contribution is -0.210. The van der Waals surface area contributed by atoms with Crippen LogP contribution in [0.3, 0.4) is 0 Å². The molecular formula is C15H13ClF4N2O. The molecule has 3 rings (SSSR count). The largest absolute Gasteiger partial charge is 0.416 e. The molecule has 0 aromatic heterocycles. The summed E-state index contributed by atoms with van der Waals surface area (Å²) in [7, 11) is 0. The molecule has 124 valence electrons. The molecule has 1 aliphatic heterocycles. The minimum absolute atomic E-state index is 0.0330. The first kappa shape index (κ1) is 16.3. The van der Waals surface area contributed by atoms with Crippen molar-refractivity contribution in [1.82, 2.24) is 0 Å². The number of rotatable bonds is 2. The summed E-state index contributed by atoms with van der Waals surface area (Å²) in [4.78, 5) is 0.980. The molecular weight excluding hydrogens is 336 g/mol. The van der Waals surface area contributed by atoms with E-state index in [0.717, 1.165) is 4.90 Å². The Balaban J connectivity index is 2.02. The molecule has 8 heteroatoms. The number of hydrogen-bond acceptors (Lipinski definition) is 3. The number of aliphatic hydroxyl groups excluding tert-OH is 1. The summed E-state index contributed by atoms with van der Waals surface area (Å²) in [6.07, 6.45) is -7.57. The lowest BCUT2D eigenvalue weighted by Gasteiger charge is -2.36. The lowest BCUT2D eigenvalue weighted by Crippen LogP contribution is -2.51. The van der Waals surface area contributed by atoms with Gasteiger partial charge in [0.05, 0.1) is 16.6 Å². The quantitative estimate of drug-likeness (QED) is 0.655. The van der Waals surface area contributed by atoms with Crippen molar-refractivity contribution >= 4 is 17.3 Å². The summed E-state index contributed by atoms with van der Waals surface area (Å²) < 4.78 is 53.7. The zero-order valence-corrected chi connectivity index (χ0v) is 12.7. The Hall–Kier alpha value is -1.52. The summed E-state index contributed by atoms with van der Waals surface area (Å²) in [5, 5.41) is 18.5. The molecule has 2 fully saturated rings.